The maximum Gasteiger partial charge on any atom is 0.0662 e. The van der Waals surface area contributed by atoms with Crippen molar-refractivity contribution in [2.45, 2.75) is 46.8 Å². The van der Waals surface area contributed by atoms with Crippen LogP contribution in [0.3, 0.4) is 0 Å². The molecule has 0 bridgehead atoms. The predicted molar refractivity (Wildman–Crippen MR) is 65.4 cm³/mol. The van der Waals surface area contributed by atoms with Crippen molar-refractivity contribution in [1.82, 2.24) is 15.1 Å². The van der Waals surface area contributed by atoms with Crippen LogP contribution in [0.4, 0.5) is 0 Å². The Morgan fingerprint density at radius 2 is 2.25 bits per heavy atom. The first-order valence-corrected chi connectivity index (χ1v) is 5.97. The number of aromatic nitrogens is 2. The summed E-state index contributed by atoms with van der Waals surface area (Å²) in [6.45, 7) is 11.6. The monoisotopic (exact) mass is 225 g/mol. The molecule has 0 aromatic carbocycles. The summed E-state index contributed by atoms with van der Waals surface area (Å²) in [7, 11) is 0. The van der Waals surface area contributed by atoms with Crippen LogP contribution in [-0.4, -0.2) is 29.0 Å². The van der Waals surface area contributed by atoms with E-state index in [0.717, 1.165) is 26.3 Å². The molecule has 92 valence electrons. The van der Waals surface area contributed by atoms with Gasteiger partial charge in [0.15, 0.2) is 0 Å². The van der Waals surface area contributed by atoms with Crippen LogP contribution in [0.2, 0.25) is 0 Å². The highest BCUT2D eigenvalue weighted by molar-refractivity contribution is 5.15. The van der Waals surface area contributed by atoms with Gasteiger partial charge in [-0.25, -0.2) is 0 Å². The van der Waals surface area contributed by atoms with E-state index < -0.39 is 0 Å². The molecule has 0 atom stereocenters. The molecule has 4 nitrogen and oxygen atoms in total. The van der Waals surface area contributed by atoms with E-state index in [-0.39, 0.29) is 0 Å². The first kappa shape index (κ1) is 13.2. The van der Waals surface area contributed by atoms with E-state index >= 15 is 0 Å². The Morgan fingerprint density at radius 1 is 1.50 bits per heavy atom. The van der Waals surface area contributed by atoms with E-state index in [4.69, 9.17) is 4.74 Å². The smallest absolute Gasteiger partial charge is 0.0662 e. The van der Waals surface area contributed by atoms with Gasteiger partial charge in [-0.1, -0.05) is 13.8 Å². The quantitative estimate of drug-likeness (QED) is 0.718. The first-order valence-electron chi connectivity index (χ1n) is 5.97. The summed E-state index contributed by atoms with van der Waals surface area (Å²) in [6, 6.07) is 0.506. The van der Waals surface area contributed by atoms with Gasteiger partial charge in [-0.05, 0) is 13.8 Å². The first-order chi connectivity index (χ1) is 7.65. The predicted octanol–water partition coefficient (Wildman–Crippen LogP) is 1.73. The molecular weight excluding hydrogens is 202 g/mol. The molecule has 0 fully saturated rings. The fourth-order valence-corrected chi connectivity index (χ4v) is 1.49. The summed E-state index contributed by atoms with van der Waals surface area (Å²) in [5.74, 6) is 0. The molecule has 0 aliphatic rings. The van der Waals surface area contributed by atoms with Gasteiger partial charge >= 0.3 is 0 Å². The highest BCUT2D eigenvalue weighted by atomic mass is 16.5. The second-order valence-electron chi connectivity index (χ2n) is 4.21. The van der Waals surface area contributed by atoms with E-state index in [9.17, 15) is 0 Å². The summed E-state index contributed by atoms with van der Waals surface area (Å²) in [6.07, 6.45) is 1.94. The summed E-state index contributed by atoms with van der Waals surface area (Å²) in [5.41, 5.74) is 2.50. The van der Waals surface area contributed by atoms with Crippen molar-refractivity contribution < 1.29 is 4.74 Å². The molecular formula is C12H23N3O. The molecule has 0 saturated heterocycles. The van der Waals surface area contributed by atoms with Crippen molar-refractivity contribution in [2.24, 2.45) is 0 Å². The zero-order chi connectivity index (χ0) is 12.0. The molecule has 0 amide bonds. The molecule has 0 unspecified atom stereocenters. The van der Waals surface area contributed by atoms with Crippen molar-refractivity contribution in [3.8, 4) is 0 Å². The van der Waals surface area contributed by atoms with E-state index in [1.54, 1.807) is 0 Å². The molecule has 0 aliphatic carbocycles. The summed E-state index contributed by atoms with van der Waals surface area (Å²) >= 11 is 0. The third-order valence-corrected chi connectivity index (χ3v) is 2.56. The number of nitrogens with zero attached hydrogens (tertiary/aromatic N) is 2. The van der Waals surface area contributed by atoms with Crippen molar-refractivity contribution in [2.75, 3.05) is 13.2 Å². The highest BCUT2D eigenvalue weighted by Gasteiger charge is 2.06. The van der Waals surface area contributed by atoms with Crippen molar-refractivity contribution in [3.63, 3.8) is 0 Å². The molecule has 1 rings (SSSR count). The van der Waals surface area contributed by atoms with Crippen LogP contribution in [0.5, 0.6) is 0 Å². The van der Waals surface area contributed by atoms with E-state index in [1.165, 1.54) is 11.3 Å². The Bertz CT molecular complexity index is 307. The second kappa shape index (κ2) is 6.66. The minimum absolute atomic E-state index is 0.506. The number of hydrogen-bond donors (Lipinski definition) is 1. The molecule has 1 heterocycles. The summed E-state index contributed by atoms with van der Waals surface area (Å²) < 4.78 is 7.33. The Balaban J connectivity index is 2.48. The van der Waals surface area contributed by atoms with Crippen LogP contribution in [0.15, 0.2) is 6.20 Å². The molecule has 0 saturated carbocycles. The van der Waals surface area contributed by atoms with Gasteiger partial charge in [-0.3, -0.25) is 4.68 Å². The second-order valence-corrected chi connectivity index (χ2v) is 4.21. The molecule has 0 aliphatic heterocycles. The van der Waals surface area contributed by atoms with Crippen molar-refractivity contribution >= 4 is 0 Å². The Kier molecular flexibility index (Phi) is 5.49. The molecule has 0 spiro atoms. The maximum absolute atomic E-state index is 5.32. The Hall–Kier alpha value is -0.870. The fourth-order valence-electron chi connectivity index (χ4n) is 1.49. The number of rotatable bonds is 7. The van der Waals surface area contributed by atoms with Gasteiger partial charge in [-0.2, -0.15) is 5.10 Å². The topological polar surface area (TPSA) is 39.1 Å². The maximum atomic E-state index is 5.32. The van der Waals surface area contributed by atoms with E-state index in [0.29, 0.717) is 6.04 Å². The van der Waals surface area contributed by atoms with Gasteiger partial charge in [0.1, 0.15) is 0 Å². The van der Waals surface area contributed by atoms with Crippen LogP contribution >= 0.6 is 0 Å². The molecule has 1 N–H and O–H groups in total. The normalized spacial score (nSPS) is 11.3. The lowest BCUT2D eigenvalue weighted by Gasteiger charge is -2.08. The Labute approximate surface area is 98.0 Å². The van der Waals surface area contributed by atoms with Gasteiger partial charge in [0.25, 0.3) is 0 Å². The lowest BCUT2D eigenvalue weighted by molar-refractivity contribution is 0.136. The molecule has 1 aromatic heterocycles. The van der Waals surface area contributed by atoms with Crippen molar-refractivity contribution in [1.29, 1.82) is 0 Å². The molecule has 1 aromatic rings. The lowest BCUT2D eigenvalue weighted by atomic mass is 10.2. The molecule has 16 heavy (non-hydrogen) atoms. The van der Waals surface area contributed by atoms with Crippen LogP contribution in [0.1, 0.15) is 32.0 Å². The van der Waals surface area contributed by atoms with Crippen LogP contribution in [-0.2, 0) is 17.8 Å². The minimum atomic E-state index is 0.506. The standard InChI is InChI=1S/C12H23N3O/c1-5-16-7-6-15-11(4)12(9-14-15)8-13-10(2)3/h9-10,13H,5-8H2,1-4H3. The van der Waals surface area contributed by atoms with Crippen molar-refractivity contribution in [3.05, 3.63) is 17.5 Å². The lowest BCUT2D eigenvalue weighted by Crippen LogP contribution is -2.22. The number of nitrogens with one attached hydrogen (secondary N) is 1. The van der Waals surface area contributed by atoms with Gasteiger partial charge in [0, 0.05) is 30.5 Å². The summed E-state index contributed by atoms with van der Waals surface area (Å²) in [5, 5.41) is 7.76. The fraction of sp³-hybridized carbons (Fsp3) is 0.750. The van der Waals surface area contributed by atoms with E-state index in [2.05, 4.69) is 31.2 Å². The average Bonchev–Trinajstić information content (AvgIpc) is 2.58. The largest absolute Gasteiger partial charge is 0.380 e. The molecule has 0 radical (unpaired) electrons. The van der Waals surface area contributed by atoms with Crippen LogP contribution < -0.4 is 5.32 Å². The average molecular weight is 225 g/mol. The van der Waals surface area contributed by atoms with Crippen LogP contribution in [0.25, 0.3) is 0 Å². The van der Waals surface area contributed by atoms with Crippen LogP contribution in [0, 0.1) is 6.92 Å². The highest BCUT2D eigenvalue weighted by Crippen LogP contribution is 2.07. The van der Waals surface area contributed by atoms with E-state index in [1.807, 2.05) is 17.8 Å². The van der Waals surface area contributed by atoms with Gasteiger partial charge in [0.2, 0.25) is 0 Å². The van der Waals surface area contributed by atoms with Gasteiger partial charge in [0.05, 0.1) is 19.3 Å². The Morgan fingerprint density at radius 3 is 2.88 bits per heavy atom. The zero-order valence-electron chi connectivity index (χ0n) is 10.8. The van der Waals surface area contributed by atoms with Gasteiger partial charge in [-0.15, -0.1) is 0 Å². The zero-order valence-corrected chi connectivity index (χ0v) is 10.8. The third kappa shape index (κ3) is 3.94. The SMILES string of the molecule is CCOCCn1ncc(CNC(C)C)c1C. The number of hydrogen-bond acceptors (Lipinski definition) is 3. The summed E-state index contributed by atoms with van der Waals surface area (Å²) in [4.78, 5) is 0. The minimum Gasteiger partial charge on any atom is -0.380 e. The van der Waals surface area contributed by atoms with Gasteiger partial charge < -0.3 is 10.1 Å². The molecule has 4 heteroatoms. The number of ether oxygens (including phenoxy) is 1. The third-order valence-electron chi connectivity index (χ3n) is 2.56.